The molecule has 0 spiro atoms. The molecule has 1 amide bonds. The summed E-state index contributed by atoms with van der Waals surface area (Å²) in [5, 5.41) is 3.00. The van der Waals surface area contributed by atoms with Crippen molar-refractivity contribution in [2.75, 3.05) is 79.5 Å². The molecule has 0 aromatic heterocycles. The van der Waals surface area contributed by atoms with Gasteiger partial charge in [-0.1, -0.05) is 137 Å². The van der Waals surface area contributed by atoms with Gasteiger partial charge in [0.1, 0.15) is 6.17 Å². The Labute approximate surface area is 349 Å². The van der Waals surface area contributed by atoms with E-state index >= 15 is 0 Å². The van der Waals surface area contributed by atoms with Crippen molar-refractivity contribution in [3.05, 3.63) is 12.2 Å². The quantitative estimate of drug-likeness (QED) is 0.0749. The number of ether oxygens (including phenoxy) is 4. The number of halogens is 4. The molecule has 0 aliphatic rings. The summed E-state index contributed by atoms with van der Waals surface area (Å²) in [4.78, 5) is 14.0. The lowest BCUT2D eigenvalue weighted by Gasteiger charge is -2.28. The van der Waals surface area contributed by atoms with Crippen LogP contribution in [0.2, 0.25) is 0 Å². The summed E-state index contributed by atoms with van der Waals surface area (Å²) in [6.07, 6.45) is -2.42. The molecule has 7 nitrogen and oxygen atoms in total. The minimum Gasteiger partial charge on any atom is -0.378 e. The molecule has 0 saturated heterocycles. The minimum atomic E-state index is -1.62. The van der Waals surface area contributed by atoms with E-state index in [4.69, 9.17) is 18.9 Å². The molecule has 0 heterocycles. The van der Waals surface area contributed by atoms with E-state index in [0.29, 0.717) is 39.6 Å². The van der Waals surface area contributed by atoms with Crippen LogP contribution in [-0.4, -0.2) is 115 Å². The molecule has 11 heteroatoms. The number of nitrogens with zero attached hydrogens (tertiary/aromatic N) is 1. The van der Waals surface area contributed by atoms with Crippen molar-refractivity contribution in [1.29, 1.82) is 0 Å². The summed E-state index contributed by atoms with van der Waals surface area (Å²) in [6, 6.07) is 0. The average molecular weight is 829 g/mol. The van der Waals surface area contributed by atoms with Crippen LogP contribution in [0.5, 0.6) is 0 Å². The molecule has 0 radical (unpaired) electrons. The van der Waals surface area contributed by atoms with E-state index in [1.54, 1.807) is 0 Å². The molecule has 0 rings (SSSR count). The molecule has 0 aliphatic carbocycles. The van der Waals surface area contributed by atoms with Gasteiger partial charge in [-0.25, -0.2) is 17.6 Å². The number of carbonyl (C=O) groups is 1. The van der Waals surface area contributed by atoms with Gasteiger partial charge in [-0.3, -0.25) is 4.79 Å². The highest BCUT2D eigenvalue weighted by Gasteiger charge is 2.27. The maximum atomic E-state index is 13.7. The highest BCUT2D eigenvalue weighted by molar-refractivity contribution is 5.83. The maximum Gasteiger partial charge on any atom is 0.229 e. The Balaban J connectivity index is -0.000000768. The number of carbonyl (C=O) groups excluding carboxylic acids is 1. The molecule has 4 unspecified atom stereocenters. The van der Waals surface area contributed by atoms with Crippen LogP contribution >= 0.6 is 0 Å². The Morgan fingerprint density at radius 2 is 0.860 bits per heavy atom. The van der Waals surface area contributed by atoms with Gasteiger partial charge in [0.05, 0.1) is 58.3 Å². The number of hydrogen-bond acceptors (Lipinski definition) is 6. The summed E-state index contributed by atoms with van der Waals surface area (Å²) in [5.74, 6) is 0.0551. The second-order valence-corrected chi connectivity index (χ2v) is 23.5. The summed E-state index contributed by atoms with van der Waals surface area (Å²) < 4.78 is 75.3. The molecule has 4 atom stereocenters. The fourth-order valence-electron chi connectivity index (χ4n) is 4.46. The smallest absolute Gasteiger partial charge is 0.229 e. The second kappa shape index (κ2) is 26.8. The van der Waals surface area contributed by atoms with E-state index in [9.17, 15) is 22.4 Å². The van der Waals surface area contributed by atoms with Gasteiger partial charge in [0.2, 0.25) is 5.91 Å². The Hall–Kier alpha value is -1.27. The highest BCUT2D eigenvalue weighted by Crippen LogP contribution is 2.21. The molecule has 0 aromatic carbocycles. The zero-order valence-electron chi connectivity index (χ0n) is 40.7. The van der Waals surface area contributed by atoms with Crippen LogP contribution in [0.25, 0.3) is 0 Å². The van der Waals surface area contributed by atoms with Gasteiger partial charge in [-0.2, -0.15) is 0 Å². The molecule has 0 aliphatic heterocycles. The second-order valence-electron chi connectivity index (χ2n) is 23.5. The van der Waals surface area contributed by atoms with Crippen LogP contribution < -0.4 is 5.32 Å². The largest absolute Gasteiger partial charge is 0.378 e. The predicted octanol–water partition coefficient (Wildman–Crippen LogP) is 11.3. The lowest BCUT2D eigenvalue weighted by atomic mass is 9.90. The topological polar surface area (TPSA) is 69.3 Å². The summed E-state index contributed by atoms with van der Waals surface area (Å²) in [7, 11) is 1.82. The SMILES string of the molecule is CC(C)(C)CNC(=O)C(C)(C)C=CCOCC(C)(C)C.CC(C)(C)COCC(F)C(F)COCC(C)(C)C.CN(CC(F)C(F)COCC(C)(C)C)CC(C)(C)C. The van der Waals surface area contributed by atoms with Gasteiger partial charge in [0, 0.05) is 19.6 Å². The van der Waals surface area contributed by atoms with Gasteiger partial charge in [-0.15, -0.1) is 0 Å². The van der Waals surface area contributed by atoms with Gasteiger partial charge in [0.25, 0.3) is 0 Å². The Kier molecular flexibility index (Phi) is 28.3. The summed E-state index contributed by atoms with van der Waals surface area (Å²) in [6.45, 7) is 44.2. The number of rotatable bonds is 20. The van der Waals surface area contributed by atoms with E-state index in [0.717, 1.165) is 6.54 Å². The molecule has 1 N–H and O–H groups in total. The first-order valence-electron chi connectivity index (χ1n) is 20.8. The normalized spacial score (nSPS) is 15.7. The van der Waals surface area contributed by atoms with Crippen molar-refractivity contribution in [2.45, 2.75) is 163 Å². The maximum absolute atomic E-state index is 13.7. The van der Waals surface area contributed by atoms with Crippen LogP contribution in [0, 0.1) is 37.9 Å². The van der Waals surface area contributed by atoms with E-state index in [1.165, 1.54) is 0 Å². The molecule has 0 aromatic rings. The fraction of sp³-hybridized carbons (Fsp3) is 0.935. The molecule has 0 bridgehead atoms. The third kappa shape index (κ3) is 44.1. The van der Waals surface area contributed by atoms with Crippen molar-refractivity contribution < 1.29 is 41.3 Å². The molecular weight excluding hydrogens is 737 g/mol. The number of hydrogen-bond donors (Lipinski definition) is 1. The average Bonchev–Trinajstić information content (AvgIpc) is 2.96. The molecule has 0 saturated carbocycles. The van der Waals surface area contributed by atoms with Gasteiger partial charge in [0.15, 0.2) is 18.5 Å². The zero-order valence-corrected chi connectivity index (χ0v) is 40.7. The first-order valence-corrected chi connectivity index (χ1v) is 20.8. The third-order valence-corrected chi connectivity index (χ3v) is 7.10. The predicted molar refractivity (Wildman–Crippen MR) is 233 cm³/mol. The van der Waals surface area contributed by atoms with Crippen molar-refractivity contribution in [1.82, 2.24) is 10.2 Å². The van der Waals surface area contributed by atoms with E-state index in [2.05, 4.69) is 67.6 Å². The molecular formula is C46H92F4N2O5. The number of nitrogens with one attached hydrogen (secondary N) is 1. The lowest BCUT2D eigenvalue weighted by molar-refractivity contribution is -0.127. The minimum absolute atomic E-state index is 0.0193. The highest BCUT2D eigenvalue weighted by atomic mass is 19.2. The van der Waals surface area contributed by atoms with E-state index in [-0.39, 0.29) is 64.8 Å². The van der Waals surface area contributed by atoms with Gasteiger partial charge < -0.3 is 29.2 Å². The molecule has 0 fully saturated rings. The van der Waals surface area contributed by atoms with Crippen LogP contribution in [0.15, 0.2) is 12.2 Å². The van der Waals surface area contributed by atoms with Crippen molar-refractivity contribution in [3.8, 4) is 0 Å². The van der Waals surface area contributed by atoms with Crippen LogP contribution in [-0.2, 0) is 23.7 Å². The first-order chi connectivity index (χ1) is 25.3. The van der Waals surface area contributed by atoms with Crippen molar-refractivity contribution in [3.63, 3.8) is 0 Å². The van der Waals surface area contributed by atoms with Gasteiger partial charge >= 0.3 is 0 Å². The zero-order chi connectivity index (χ0) is 45.7. The van der Waals surface area contributed by atoms with Gasteiger partial charge in [-0.05, 0) is 53.4 Å². The Bertz CT molecular complexity index is 1040. The number of amides is 1. The lowest BCUT2D eigenvalue weighted by Crippen LogP contribution is -2.40. The summed E-state index contributed by atoms with van der Waals surface area (Å²) >= 11 is 0. The molecule has 344 valence electrons. The molecule has 57 heavy (non-hydrogen) atoms. The van der Waals surface area contributed by atoms with Crippen LogP contribution in [0.4, 0.5) is 17.6 Å². The van der Waals surface area contributed by atoms with E-state index < -0.39 is 30.1 Å². The Morgan fingerprint density at radius 1 is 0.526 bits per heavy atom. The monoisotopic (exact) mass is 829 g/mol. The van der Waals surface area contributed by atoms with Crippen molar-refractivity contribution in [2.24, 2.45) is 37.9 Å². The first kappa shape index (κ1) is 60.0. The summed E-state index contributed by atoms with van der Waals surface area (Å²) in [5.41, 5.74) is -0.227. The standard InChI is InChI=1S/C17H33NO2.C15H31F2NO.C14H28F2O2/c1-15(2,3)12-18-14(19)17(7,8)10-9-11-20-13-16(4,5)6;1-14(2,3)10-18(7)8-12(16)13(17)9-19-11-15(4,5)6;1-13(2,3)9-17-7-11(15)12(16)8-18-10-14(4,5)6/h9-10H,11-13H2,1-8H3,(H,18,19);12-13H,8-11H2,1-7H3;11-12H,7-10H2,1-6H3. The Morgan fingerprint density at radius 3 is 1.18 bits per heavy atom. The van der Waals surface area contributed by atoms with E-state index in [1.807, 2.05) is 100 Å². The number of alkyl halides is 4. The van der Waals surface area contributed by atoms with Crippen LogP contribution in [0.3, 0.4) is 0 Å². The van der Waals surface area contributed by atoms with Crippen LogP contribution in [0.1, 0.15) is 138 Å². The fourth-order valence-corrected chi connectivity index (χ4v) is 4.46. The third-order valence-electron chi connectivity index (χ3n) is 7.10. The van der Waals surface area contributed by atoms with Crippen molar-refractivity contribution >= 4 is 5.91 Å².